The van der Waals surface area contributed by atoms with Crippen LogP contribution in [0, 0.1) is 0 Å². The summed E-state index contributed by atoms with van der Waals surface area (Å²) in [6, 6.07) is 9.17. The van der Waals surface area contributed by atoms with E-state index in [1.165, 1.54) is 5.01 Å². The monoisotopic (exact) mass is 302 g/mol. The minimum absolute atomic E-state index is 0.115. The minimum Gasteiger partial charge on any atom is -0.379 e. The van der Waals surface area contributed by atoms with Gasteiger partial charge in [0.25, 0.3) is 5.91 Å². The zero-order chi connectivity index (χ0) is 15.4. The molecule has 1 aromatic rings. The van der Waals surface area contributed by atoms with Gasteiger partial charge in [0.2, 0.25) is 5.91 Å². The van der Waals surface area contributed by atoms with Crippen molar-refractivity contribution in [2.24, 2.45) is 5.10 Å². The number of carbonyl (C=O) groups is 2. The van der Waals surface area contributed by atoms with E-state index in [0.29, 0.717) is 31.3 Å². The van der Waals surface area contributed by atoms with Crippen LogP contribution in [0.3, 0.4) is 0 Å². The van der Waals surface area contributed by atoms with Gasteiger partial charge in [-0.3, -0.25) is 14.5 Å². The van der Waals surface area contributed by atoms with Crippen molar-refractivity contribution >= 4 is 23.3 Å². The zero-order valence-corrected chi connectivity index (χ0v) is 12.2. The summed E-state index contributed by atoms with van der Waals surface area (Å²) in [5, 5.41) is 8.24. The number of amides is 2. The van der Waals surface area contributed by atoms with E-state index < -0.39 is 0 Å². The van der Waals surface area contributed by atoms with Gasteiger partial charge in [0.15, 0.2) is 0 Å². The van der Waals surface area contributed by atoms with E-state index in [2.05, 4.69) is 10.4 Å². The molecular weight excluding hydrogens is 284 g/mol. The smallest absolute Gasteiger partial charge is 0.255 e. The normalized spacial score (nSPS) is 19.2. The maximum absolute atomic E-state index is 12.0. The third kappa shape index (κ3) is 3.49. The molecule has 2 aliphatic rings. The molecule has 0 unspecified atom stereocenters. The van der Waals surface area contributed by atoms with Crippen molar-refractivity contribution in [3.8, 4) is 0 Å². The van der Waals surface area contributed by atoms with Gasteiger partial charge in [-0.15, -0.1) is 0 Å². The van der Waals surface area contributed by atoms with Gasteiger partial charge >= 0.3 is 0 Å². The molecule has 0 radical (unpaired) electrons. The van der Waals surface area contributed by atoms with Gasteiger partial charge in [-0.1, -0.05) is 18.2 Å². The Morgan fingerprint density at radius 1 is 1.23 bits per heavy atom. The molecule has 1 saturated heterocycles. The van der Waals surface area contributed by atoms with Crippen LogP contribution < -0.4 is 10.3 Å². The number of amidine groups is 1. The van der Waals surface area contributed by atoms with Crippen molar-refractivity contribution in [1.29, 1.82) is 0 Å². The van der Waals surface area contributed by atoms with Crippen LogP contribution in [0.5, 0.6) is 0 Å². The number of ether oxygens (including phenoxy) is 1. The number of carbonyl (C=O) groups excluding carboxylic acids is 2. The molecule has 0 aliphatic carbocycles. The maximum atomic E-state index is 12.0. The largest absolute Gasteiger partial charge is 0.379 e. The van der Waals surface area contributed by atoms with Crippen LogP contribution >= 0.6 is 0 Å². The first-order chi connectivity index (χ1) is 10.7. The number of rotatable bonds is 3. The van der Waals surface area contributed by atoms with E-state index in [4.69, 9.17) is 4.74 Å². The molecule has 0 aromatic heterocycles. The molecule has 2 amide bonds. The first-order valence-electron chi connectivity index (χ1n) is 7.28. The van der Waals surface area contributed by atoms with E-state index in [0.717, 1.165) is 13.1 Å². The van der Waals surface area contributed by atoms with E-state index >= 15 is 0 Å². The molecule has 1 fully saturated rings. The highest BCUT2D eigenvalue weighted by molar-refractivity contribution is 6.15. The Kier molecular flexibility index (Phi) is 4.45. The van der Waals surface area contributed by atoms with Crippen LogP contribution in [0.2, 0.25) is 0 Å². The lowest BCUT2D eigenvalue weighted by Crippen LogP contribution is -2.44. The summed E-state index contributed by atoms with van der Waals surface area (Å²) in [5.41, 5.74) is 0.699. The first-order valence-corrected chi connectivity index (χ1v) is 7.28. The summed E-state index contributed by atoms with van der Waals surface area (Å²) in [4.78, 5) is 26.0. The second-order valence-corrected chi connectivity index (χ2v) is 5.20. The van der Waals surface area contributed by atoms with E-state index in [1.807, 2.05) is 23.1 Å². The van der Waals surface area contributed by atoms with Crippen LogP contribution in [-0.2, 0) is 14.3 Å². The summed E-state index contributed by atoms with van der Waals surface area (Å²) < 4.78 is 5.24. The fourth-order valence-electron chi connectivity index (χ4n) is 2.43. The third-order valence-electron chi connectivity index (χ3n) is 3.53. The quantitative estimate of drug-likeness (QED) is 0.865. The van der Waals surface area contributed by atoms with Gasteiger partial charge in [0.05, 0.1) is 31.9 Å². The van der Waals surface area contributed by atoms with Crippen molar-refractivity contribution in [3.05, 3.63) is 30.3 Å². The number of morpholine rings is 1. The average Bonchev–Trinajstić information content (AvgIpc) is 2.89. The number of hydrazone groups is 1. The summed E-state index contributed by atoms with van der Waals surface area (Å²) in [6.45, 7) is 3.08. The molecule has 116 valence electrons. The number of para-hydroxylation sites is 1. The fraction of sp³-hybridized carbons (Fsp3) is 0.400. The lowest BCUT2D eigenvalue weighted by Gasteiger charge is -2.25. The Labute approximate surface area is 128 Å². The van der Waals surface area contributed by atoms with Crippen LogP contribution in [-0.4, -0.2) is 55.4 Å². The van der Waals surface area contributed by atoms with Crippen molar-refractivity contribution in [2.75, 3.05) is 37.9 Å². The average molecular weight is 302 g/mol. The number of hydrogen-bond acceptors (Lipinski definition) is 5. The molecule has 3 rings (SSSR count). The topological polar surface area (TPSA) is 74.2 Å². The highest BCUT2D eigenvalue weighted by Crippen LogP contribution is 2.19. The van der Waals surface area contributed by atoms with E-state index in [1.54, 1.807) is 12.1 Å². The number of nitrogens with one attached hydrogen (secondary N) is 1. The third-order valence-corrected chi connectivity index (χ3v) is 3.53. The maximum Gasteiger partial charge on any atom is 0.255 e. The molecule has 1 N–H and O–H groups in total. The second kappa shape index (κ2) is 6.67. The molecule has 2 heterocycles. The van der Waals surface area contributed by atoms with Crippen molar-refractivity contribution in [3.63, 3.8) is 0 Å². The van der Waals surface area contributed by atoms with Crippen molar-refractivity contribution < 1.29 is 14.3 Å². The summed E-state index contributed by atoms with van der Waals surface area (Å²) in [7, 11) is 0. The molecule has 0 bridgehead atoms. The number of benzene rings is 1. The highest BCUT2D eigenvalue weighted by Gasteiger charge is 2.26. The number of anilines is 1. The van der Waals surface area contributed by atoms with Crippen LogP contribution in [0.1, 0.15) is 6.42 Å². The molecule has 0 spiro atoms. The summed E-state index contributed by atoms with van der Waals surface area (Å²) in [5.74, 6) is 0.100. The Morgan fingerprint density at radius 3 is 2.68 bits per heavy atom. The standard InChI is InChI=1S/C15H18N4O3/c20-14(11-18-6-8-22-9-7-18)16-13-10-15(21)19(17-13)12-4-2-1-3-5-12/h1-5H,6-11H2,(H,16,17,20). The van der Waals surface area contributed by atoms with Gasteiger partial charge in [-0.05, 0) is 12.1 Å². The predicted octanol–water partition coefficient (Wildman–Crippen LogP) is 0.185. The SMILES string of the molecule is O=C(CN1CCOCC1)NC1=NN(c2ccccc2)C(=O)C1. The van der Waals surface area contributed by atoms with Gasteiger partial charge < -0.3 is 10.1 Å². The van der Waals surface area contributed by atoms with Gasteiger partial charge in [-0.25, -0.2) is 0 Å². The molecule has 0 atom stereocenters. The van der Waals surface area contributed by atoms with Crippen molar-refractivity contribution in [2.45, 2.75) is 6.42 Å². The van der Waals surface area contributed by atoms with Gasteiger partial charge in [-0.2, -0.15) is 10.1 Å². The summed E-state index contributed by atoms with van der Waals surface area (Å²) in [6.07, 6.45) is 0.115. The molecular formula is C15H18N4O3. The molecule has 1 aromatic carbocycles. The Morgan fingerprint density at radius 2 is 1.95 bits per heavy atom. The van der Waals surface area contributed by atoms with Gasteiger partial charge in [0, 0.05) is 13.1 Å². The van der Waals surface area contributed by atoms with Crippen LogP contribution in [0.25, 0.3) is 0 Å². The fourth-order valence-corrected chi connectivity index (χ4v) is 2.43. The molecule has 7 nitrogen and oxygen atoms in total. The lowest BCUT2D eigenvalue weighted by molar-refractivity contribution is -0.121. The molecule has 22 heavy (non-hydrogen) atoms. The van der Waals surface area contributed by atoms with Crippen LogP contribution in [0.4, 0.5) is 5.69 Å². The molecule has 7 heteroatoms. The Balaban J connectivity index is 1.58. The number of hydrogen-bond donors (Lipinski definition) is 1. The van der Waals surface area contributed by atoms with Crippen molar-refractivity contribution in [1.82, 2.24) is 10.2 Å². The second-order valence-electron chi connectivity index (χ2n) is 5.20. The molecule has 0 saturated carbocycles. The highest BCUT2D eigenvalue weighted by atomic mass is 16.5. The van der Waals surface area contributed by atoms with E-state index in [9.17, 15) is 9.59 Å². The lowest BCUT2D eigenvalue weighted by atomic mass is 10.3. The predicted molar refractivity (Wildman–Crippen MR) is 81.4 cm³/mol. The number of nitrogens with zero attached hydrogens (tertiary/aromatic N) is 3. The first kappa shape index (κ1) is 14.7. The Bertz CT molecular complexity index is 582. The van der Waals surface area contributed by atoms with E-state index in [-0.39, 0.29) is 18.2 Å². The van der Waals surface area contributed by atoms with Crippen LogP contribution in [0.15, 0.2) is 35.4 Å². The Hall–Kier alpha value is -2.25. The van der Waals surface area contributed by atoms with Gasteiger partial charge in [0.1, 0.15) is 5.84 Å². The minimum atomic E-state index is -0.150. The zero-order valence-electron chi connectivity index (χ0n) is 12.2. The summed E-state index contributed by atoms with van der Waals surface area (Å²) >= 11 is 0. The molecule has 2 aliphatic heterocycles.